The van der Waals surface area contributed by atoms with Gasteiger partial charge in [-0.2, -0.15) is 0 Å². The van der Waals surface area contributed by atoms with E-state index >= 15 is 0 Å². The van der Waals surface area contributed by atoms with Gasteiger partial charge in [-0.25, -0.2) is 4.98 Å². The SMILES string of the molecule is CCNc1ccc(NC(=O)CC(C)(C)C)cn1. The fraction of sp³-hybridized carbons (Fsp3) is 0.538. The third-order valence-electron chi connectivity index (χ3n) is 2.10. The molecule has 0 radical (unpaired) electrons. The Morgan fingerprint density at radius 2 is 2.06 bits per heavy atom. The van der Waals surface area contributed by atoms with Crippen molar-refractivity contribution in [3.05, 3.63) is 18.3 Å². The van der Waals surface area contributed by atoms with E-state index < -0.39 is 0 Å². The van der Waals surface area contributed by atoms with Gasteiger partial charge in [0.15, 0.2) is 0 Å². The summed E-state index contributed by atoms with van der Waals surface area (Å²) >= 11 is 0. The Morgan fingerprint density at radius 3 is 2.53 bits per heavy atom. The number of carbonyl (C=O) groups excluding carboxylic acids is 1. The third kappa shape index (κ3) is 5.33. The normalized spacial score (nSPS) is 11.1. The van der Waals surface area contributed by atoms with Gasteiger partial charge in [-0.3, -0.25) is 4.79 Å². The molecule has 1 aromatic rings. The van der Waals surface area contributed by atoms with Crippen LogP contribution in [0.5, 0.6) is 0 Å². The van der Waals surface area contributed by atoms with Crippen LogP contribution in [0.4, 0.5) is 11.5 Å². The second-order valence-electron chi connectivity index (χ2n) is 5.25. The average Bonchev–Trinajstić information content (AvgIpc) is 2.18. The number of nitrogens with zero attached hydrogens (tertiary/aromatic N) is 1. The number of hydrogen-bond acceptors (Lipinski definition) is 3. The maximum absolute atomic E-state index is 11.7. The summed E-state index contributed by atoms with van der Waals surface area (Å²) in [4.78, 5) is 15.9. The molecule has 1 aromatic heterocycles. The van der Waals surface area contributed by atoms with Crippen molar-refractivity contribution < 1.29 is 4.79 Å². The predicted octanol–water partition coefficient (Wildman–Crippen LogP) is 2.89. The molecule has 0 saturated heterocycles. The van der Waals surface area contributed by atoms with Crippen molar-refractivity contribution >= 4 is 17.4 Å². The van der Waals surface area contributed by atoms with Gasteiger partial charge in [0.25, 0.3) is 0 Å². The highest BCUT2D eigenvalue weighted by molar-refractivity contribution is 5.90. The minimum absolute atomic E-state index is 0.00121. The van der Waals surface area contributed by atoms with E-state index in [-0.39, 0.29) is 11.3 Å². The standard InChI is InChI=1S/C13H21N3O/c1-5-14-11-7-6-10(9-15-11)16-12(17)8-13(2,3)4/h6-7,9H,5,8H2,1-4H3,(H,14,15)(H,16,17). The van der Waals surface area contributed by atoms with Gasteiger partial charge >= 0.3 is 0 Å². The van der Waals surface area contributed by atoms with Gasteiger partial charge in [-0.05, 0) is 24.5 Å². The molecule has 0 aliphatic carbocycles. The fourth-order valence-corrected chi connectivity index (χ4v) is 1.44. The van der Waals surface area contributed by atoms with Gasteiger partial charge in [0.1, 0.15) is 5.82 Å². The first-order valence-corrected chi connectivity index (χ1v) is 5.90. The van der Waals surface area contributed by atoms with Crippen LogP contribution in [0.25, 0.3) is 0 Å². The number of carbonyl (C=O) groups is 1. The summed E-state index contributed by atoms with van der Waals surface area (Å²) in [5.74, 6) is 0.844. The molecule has 0 fully saturated rings. The summed E-state index contributed by atoms with van der Waals surface area (Å²) in [5, 5.41) is 5.94. The topological polar surface area (TPSA) is 54.0 Å². The molecule has 94 valence electrons. The van der Waals surface area contributed by atoms with Crippen LogP contribution < -0.4 is 10.6 Å². The van der Waals surface area contributed by atoms with Gasteiger partial charge in [0.2, 0.25) is 5.91 Å². The lowest BCUT2D eigenvalue weighted by Crippen LogP contribution is -2.19. The number of anilines is 2. The van der Waals surface area contributed by atoms with E-state index in [9.17, 15) is 4.79 Å². The van der Waals surface area contributed by atoms with Crippen molar-refractivity contribution in [2.24, 2.45) is 5.41 Å². The van der Waals surface area contributed by atoms with Crippen molar-refractivity contribution in [1.29, 1.82) is 0 Å². The first-order valence-electron chi connectivity index (χ1n) is 5.90. The first kappa shape index (κ1) is 13.5. The number of pyridine rings is 1. The predicted molar refractivity (Wildman–Crippen MR) is 71.1 cm³/mol. The lowest BCUT2D eigenvalue weighted by atomic mass is 9.92. The zero-order valence-corrected chi connectivity index (χ0v) is 11.0. The van der Waals surface area contributed by atoms with Crippen LogP contribution in [-0.2, 0) is 4.79 Å². The number of amides is 1. The molecule has 0 aliphatic heterocycles. The molecule has 0 saturated carbocycles. The number of hydrogen-bond donors (Lipinski definition) is 2. The summed E-state index contributed by atoms with van der Waals surface area (Å²) in [7, 11) is 0. The zero-order valence-electron chi connectivity index (χ0n) is 11.0. The molecular weight excluding hydrogens is 214 g/mol. The van der Waals surface area contributed by atoms with E-state index in [1.165, 1.54) is 0 Å². The highest BCUT2D eigenvalue weighted by atomic mass is 16.1. The van der Waals surface area contributed by atoms with Crippen LogP contribution in [0.1, 0.15) is 34.1 Å². The molecule has 1 amide bonds. The summed E-state index contributed by atoms with van der Waals surface area (Å²) in [6.45, 7) is 8.97. The highest BCUT2D eigenvalue weighted by Crippen LogP contribution is 2.19. The van der Waals surface area contributed by atoms with Crippen molar-refractivity contribution in [2.45, 2.75) is 34.1 Å². The Labute approximate surface area is 103 Å². The van der Waals surface area contributed by atoms with Gasteiger partial charge in [-0.15, -0.1) is 0 Å². The lowest BCUT2D eigenvalue weighted by molar-refractivity contribution is -0.117. The van der Waals surface area contributed by atoms with E-state index in [0.29, 0.717) is 6.42 Å². The maximum Gasteiger partial charge on any atom is 0.224 e. The average molecular weight is 235 g/mol. The molecule has 1 rings (SSSR count). The Bertz CT molecular complexity index is 365. The van der Waals surface area contributed by atoms with Gasteiger partial charge in [0.05, 0.1) is 11.9 Å². The Balaban J connectivity index is 2.54. The van der Waals surface area contributed by atoms with Gasteiger partial charge in [-0.1, -0.05) is 20.8 Å². The minimum atomic E-state index is 0.00121. The number of nitrogens with one attached hydrogen (secondary N) is 2. The molecule has 0 bridgehead atoms. The van der Waals surface area contributed by atoms with E-state index in [2.05, 4.69) is 15.6 Å². The number of rotatable bonds is 4. The molecule has 0 atom stereocenters. The summed E-state index contributed by atoms with van der Waals surface area (Å²) < 4.78 is 0. The second kappa shape index (κ2) is 5.66. The number of aromatic nitrogens is 1. The summed E-state index contributed by atoms with van der Waals surface area (Å²) in [6, 6.07) is 3.71. The van der Waals surface area contributed by atoms with Crippen LogP contribution in [0, 0.1) is 5.41 Å². The fourth-order valence-electron chi connectivity index (χ4n) is 1.44. The molecule has 1 heterocycles. The molecule has 0 aliphatic rings. The van der Waals surface area contributed by atoms with Gasteiger partial charge in [0, 0.05) is 13.0 Å². The largest absolute Gasteiger partial charge is 0.370 e. The quantitative estimate of drug-likeness (QED) is 0.843. The van der Waals surface area contributed by atoms with E-state index in [4.69, 9.17) is 0 Å². The molecular formula is C13H21N3O. The van der Waals surface area contributed by atoms with E-state index in [1.54, 1.807) is 6.20 Å². The van der Waals surface area contributed by atoms with Crippen molar-refractivity contribution in [3.8, 4) is 0 Å². The Hall–Kier alpha value is -1.58. The zero-order chi connectivity index (χ0) is 12.9. The van der Waals surface area contributed by atoms with Crippen LogP contribution in [0.15, 0.2) is 18.3 Å². The molecule has 2 N–H and O–H groups in total. The van der Waals surface area contributed by atoms with Crippen LogP contribution in [-0.4, -0.2) is 17.4 Å². The first-order chi connectivity index (χ1) is 7.90. The highest BCUT2D eigenvalue weighted by Gasteiger charge is 2.15. The monoisotopic (exact) mass is 235 g/mol. The Kier molecular flexibility index (Phi) is 4.49. The lowest BCUT2D eigenvalue weighted by Gasteiger charge is -2.17. The third-order valence-corrected chi connectivity index (χ3v) is 2.10. The Morgan fingerprint density at radius 1 is 1.35 bits per heavy atom. The van der Waals surface area contributed by atoms with E-state index in [1.807, 2.05) is 39.8 Å². The summed E-state index contributed by atoms with van der Waals surface area (Å²) in [6.07, 6.45) is 2.17. The minimum Gasteiger partial charge on any atom is -0.370 e. The van der Waals surface area contributed by atoms with Crippen LogP contribution >= 0.6 is 0 Å². The molecule has 4 nitrogen and oxygen atoms in total. The summed E-state index contributed by atoms with van der Waals surface area (Å²) in [5.41, 5.74) is 0.738. The molecule has 0 unspecified atom stereocenters. The van der Waals surface area contributed by atoms with Crippen LogP contribution in [0.3, 0.4) is 0 Å². The maximum atomic E-state index is 11.7. The van der Waals surface area contributed by atoms with Crippen molar-refractivity contribution in [1.82, 2.24) is 4.98 Å². The molecule has 4 heteroatoms. The molecule has 0 aromatic carbocycles. The van der Waals surface area contributed by atoms with Gasteiger partial charge < -0.3 is 10.6 Å². The van der Waals surface area contributed by atoms with Crippen LogP contribution in [0.2, 0.25) is 0 Å². The molecule has 0 spiro atoms. The second-order valence-corrected chi connectivity index (χ2v) is 5.25. The van der Waals surface area contributed by atoms with Crippen molar-refractivity contribution in [2.75, 3.05) is 17.2 Å². The van der Waals surface area contributed by atoms with Crippen molar-refractivity contribution in [3.63, 3.8) is 0 Å². The van der Waals surface area contributed by atoms with E-state index in [0.717, 1.165) is 18.1 Å². The smallest absolute Gasteiger partial charge is 0.224 e. The molecule has 17 heavy (non-hydrogen) atoms.